The van der Waals surface area contributed by atoms with E-state index >= 15 is 0 Å². The van der Waals surface area contributed by atoms with Gasteiger partial charge in [0.2, 0.25) is 0 Å². The van der Waals surface area contributed by atoms with Gasteiger partial charge in [0.1, 0.15) is 0 Å². The zero-order valence-electron chi connectivity index (χ0n) is 8.84. The van der Waals surface area contributed by atoms with Crippen LogP contribution in [-0.2, 0) is 13.5 Å². The number of aryl methyl sites for hydroxylation is 1. The minimum atomic E-state index is -0.648. The number of hydrogen-bond acceptors (Lipinski definition) is 3. The third kappa shape index (κ3) is 2.40. The molecular formula is C11H12ClN3O. The van der Waals surface area contributed by atoms with Crippen LogP contribution in [0.25, 0.3) is 0 Å². The summed E-state index contributed by atoms with van der Waals surface area (Å²) >= 11 is 5.94. The van der Waals surface area contributed by atoms with Crippen molar-refractivity contribution in [2.24, 2.45) is 7.05 Å². The van der Waals surface area contributed by atoms with Gasteiger partial charge in [-0.2, -0.15) is 5.10 Å². The molecule has 5 heteroatoms. The molecule has 2 aromatic heterocycles. The Morgan fingerprint density at radius 2 is 2.31 bits per heavy atom. The van der Waals surface area contributed by atoms with Crippen LogP contribution in [0.15, 0.2) is 30.7 Å². The Balaban J connectivity index is 2.14. The molecule has 16 heavy (non-hydrogen) atoms. The summed E-state index contributed by atoms with van der Waals surface area (Å²) in [5, 5.41) is 14.7. The average molecular weight is 238 g/mol. The highest BCUT2D eigenvalue weighted by Crippen LogP contribution is 2.23. The van der Waals surface area contributed by atoms with Crippen molar-refractivity contribution in [1.82, 2.24) is 14.8 Å². The summed E-state index contributed by atoms with van der Waals surface area (Å²) in [7, 11) is 1.84. The number of aromatic nitrogens is 3. The molecule has 2 aromatic rings. The van der Waals surface area contributed by atoms with E-state index in [9.17, 15) is 5.11 Å². The van der Waals surface area contributed by atoms with E-state index in [4.69, 9.17) is 11.6 Å². The van der Waals surface area contributed by atoms with E-state index in [1.165, 1.54) is 6.20 Å². The van der Waals surface area contributed by atoms with E-state index in [1.807, 2.05) is 19.3 Å². The maximum absolute atomic E-state index is 10.0. The molecule has 0 aliphatic carbocycles. The molecule has 0 bridgehead atoms. The highest BCUT2D eigenvalue weighted by atomic mass is 35.5. The van der Waals surface area contributed by atoms with Gasteiger partial charge >= 0.3 is 0 Å². The maximum atomic E-state index is 10.0. The number of hydrogen-bond donors (Lipinski definition) is 1. The molecule has 4 nitrogen and oxygen atoms in total. The molecule has 0 amide bonds. The molecule has 0 aliphatic heterocycles. The van der Waals surface area contributed by atoms with Gasteiger partial charge in [-0.25, -0.2) is 0 Å². The number of pyridine rings is 1. The molecule has 1 unspecified atom stereocenters. The fourth-order valence-corrected chi connectivity index (χ4v) is 1.78. The Bertz CT molecular complexity index is 484. The number of halogens is 1. The van der Waals surface area contributed by atoms with Gasteiger partial charge in [0.25, 0.3) is 0 Å². The fourth-order valence-electron chi connectivity index (χ4n) is 1.54. The maximum Gasteiger partial charge on any atom is 0.0861 e. The third-order valence-corrected chi connectivity index (χ3v) is 2.65. The number of nitrogens with zero attached hydrogens (tertiary/aromatic N) is 3. The first-order valence-electron chi connectivity index (χ1n) is 4.93. The molecule has 0 fully saturated rings. The summed E-state index contributed by atoms with van der Waals surface area (Å²) < 4.78 is 1.70. The molecule has 2 rings (SSSR count). The summed E-state index contributed by atoms with van der Waals surface area (Å²) in [6.45, 7) is 0. The van der Waals surface area contributed by atoms with E-state index in [0.717, 1.165) is 5.69 Å². The summed E-state index contributed by atoms with van der Waals surface area (Å²) in [6.07, 6.45) is 4.78. The van der Waals surface area contributed by atoms with E-state index in [1.54, 1.807) is 16.9 Å². The van der Waals surface area contributed by atoms with Crippen LogP contribution >= 0.6 is 11.6 Å². The standard InChI is InChI=1S/C11H12ClN3O/c1-15-5-3-8(14-15)6-11(16)9-2-4-13-7-10(9)12/h2-5,7,11,16H,6H2,1H3. The normalized spacial score (nSPS) is 12.7. The van der Waals surface area contributed by atoms with Gasteiger partial charge in [-0.15, -0.1) is 0 Å². The first-order valence-corrected chi connectivity index (χ1v) is 5.30. The van der Waals surface area contributed by atoms with Crippen molar-refractivity contribution < 1.29 is 5.11 Å². The smallest absolute Gasteiger partial charge is 0.0861 e. The topological polar surface area (TPSA) is 50.9 Å². The minimum absolute atomic E-state index is 0.449. The van der Waals surface area contributed by atoms with Crippen LogP contribution in [0.3, 0.4) is 0 Å². The predicted octanol–water partition coefficient (Wildman–Crippen LogP) is 1.74. The molecule has 0 aromatic carbocycles. The lowest BCUT2D eigenvalue weighted by Crippen LogP contribution is -2.04. The van der Waals surface area contributed by atoms with E-state index in [0.29, 0.717) is 17.0 Å². The summed E-state index contributed by atoms with van der Waals surface area (Å²) in [6, 6.07) is 3.59. The van der Waals surface area contributed by atoms with Gasteiger partial charge in [-0.3, -0.25) is 9.67 Å². The Morgan fingerprint density at radius 3 is 2.94 bits per heavy atom. The van der Waals surface area contributed by atoms with E-state index in [-0.39, 0.29) is 0 Å². The monoisotopic (exact) mass is 237 g/mol. The van der Waals surface area contributed by atoms with Crippen molar-refractivity contribution in [3.05, 3.63) is 47.0 Å². The Morgan fingerprint density at radius 1 is 1.50 bits per heavy atom. The zero-order chi connectivity index (χ0) is 11.5. The predicted molar refractivity (Wildman–Crippen MR) is 61.1 cm³/mol. The summed E-state index contributed by atoms with van der Waals surface area (Å²) in [5.74, 6) is 0. The third-order valence-electron chi connectivity index (χ3n) is 2.33. The van der Waals surface area contributed by atoms with Gasteiger partial charge in [-0.05, 0) is 12.1 Å². The Kier molecular flexibility index (Phi) is 3.22. The van der Waals surface area contributed by atoms with Crippen LogP contribution < -0.4 is 0 Å². The van der Waals surface area contributed by atoms with Crippen molar-refractivity contribution in [1.29, 1.82) is 0 Å². The number of aliphatic hydroxyl groups excluding tert-OH is 1. The lowest BCUT2D eigenvalue weighted by atomic mass is 10.1. The van der Waals surface area contributed by atoms with Gasteiger partial charge in [0.15, 0.2) is 0 Å². The van der Waals surface area contributed by atoms with Gasteiger partial charge in [0, 0.05) is 37.6 Å². The Hall–Kier alpha value is -1.39. The molecule has 0 saturated heterocycles. The molecule has 1 N–H and O–H groups in total. The lowest BCUT2D eigenvalue weighted by molar-refractivity contribution is 0.177. The molecule has 0 saturated carbocycles. The molecule has 1 atom stereocenters. The van der Waals surface area contributed by atoms with Crippen molar-refractivity contribution in [2.75, 3.05) is 0 Å². The molecule has 84 valence electrons. The molecule has 2 heterocycles. The molecule has 0 radical (unpaired) electrons. The molecule has 0 aliphatic rings. The van der Waals surface area contributed by atoms with Crippen LogP contribution in [-0.4, -0.2) is 19.9 Å². The molecule has 0 spiro atoms. The van der Waals surface area contributed by atoms with Crippen molar-refractivity contribution >= 4 is 11.6 Å². The second kappa shape index (κ2) is 4.63. The van der Waals surface area contributed by atoms with E-state index in [2.05, 4.69) is 10.1 Å². The largest absolute Gasteiger partial charge is 0.388 e. The van der Waals surface area contributed by atoms with Crippen LogP contribution in [0.5, 0.6) is 0 Å². The number of rotatable bonds is 3. The minimum Gasteiger partial charge on any atom is -0.388 e. The first-order chi connectivity index (χ1) is 7.66. The average Bonchev–Trinajstić information content (AvgIpc) is 2.64. The quantitative estimate of drug-likeness (QED) is 0.885. The van der Waals surface area contributed by atoms with Crippen molar-refractivity contribution in [3.8, 4) is 0 Å². The van der Waals surface area contributed by atoms with Crippen LogP contribution in [0, 0.1) is 0 Å². The highest BCUT2D eigenvalue weighted by Gasteiger charge is 2.13. The van der Waals surface area contributed by atoms with Crippen molar-refractivity contribution in [3.63, 3.8) is 0 Å². The van der Waals surface area contributed by atoms with Gasteiger partial charge < -0.3 is 5.11 Å². The highest BCUT2D eigenvalue weighted by molar-refractivity contribution is 6.31. The lowest BCUT2D eigenvalue weighted by Gasteiger charge is -2.10. The zero-order valence-corrected chi connectivity index (χ0v) is 9.59. The second-order valence-corrected chi connectivity index (χ2v) is 4.01. The first kappa shape index (κ1) is 11.1. The van der Waals surface area contributed by atoms with Crippen LogP contribution in [0.1, 0.15) is 17.4 Å². The van der Waals surface area contributed by atoms with Crippen LogP contribution in [0.4, 0.5) is 0 Å². The van der Waals surface area contributed by atoms with Crippen molar-refractivity contribution in [2.45, 2.75) is 12.5 Å². The molecular weight excluding hydrogens is 226 g/mol. The fraction of sp³-hybridized carbons (Fsp3) is 0.273. The van der Waals surface area contributed by atoms with Crippen LogP contribution in [0.2, 0.25) is 5.02 Å². The summed E-state index contributed by atoms with van der Waals surface area (Å²) in [4.78, 5) is 3.88. The van der Waals surface area contributed by atoms with E-state index < -0.39 is 6.10 Å². The number of aliphatic hydroxyl groups is 1. The van der Waals surface area contributed by atoms with Gasteiger partial charge in [-0.1, -0.05) is 11.6 Å². The SMILES string of the molecule is Cn1ccc(CC(O)c2ccncc2Cl)n1. The summed E-state index contributed by atoms with van der Waals surface area (Å²) in [5.41, 5.74) is 1.52. The van der Waals surface area contributed by atoms with Gasteiger partial charge in [0.05, 0.1) is 16.8 Å². The Labute approximate surface area is 98.5 Å². The second-order valence-electron chi connectivity index (χ2n) is 3.60.